The molecule has 31 heavy (non-hydrogen) atoms. The smallest absolute Gasteiger partial charge is 0.311 e. The minimum absolute atomic E-state index is 0.0399. The molecule has 1 aliphatic heterocycles. The van der Waals surface area contributed by atoms with Gasteiger partial charge in [0.05, 0.1) is 4.92 Å². The molecule has 1 aliphatic rings. The second kappa shape index (κ2) is 9.66. The number of nitro groups is 1. The molecule has 3 aromatic rings. The summed E-state index contributed by atoms with van der Waals surface area (Å²) >= 11 is 0. The van der Waals surface area contributed by atoms with Crippen LogP contribution in [0.4, 0.5) is 11.4 Å². The lowest BCUT2D eigenvalue weighted by Gasteiger charge is -2.26. The van der Waals surface area contributed by atoms with Gasteiger partial charge in [0, 0.05) is 29.1 Å². The predicted molar refractivity (Wildman–Crippen MR) is 122 cm³/mol. The van der Waals surface area contributed by atoms with E-state index in [4.69, 9.17) is 15.2 Å². The third-order valence-corrected chi connectivity index (χ3v) is 5.65. The summed E-state index contributed by atoms with van der Waals surface area (Å²) in [6.45, 7) is 3.58. The molecule has 4 rings (SSSR count). The number of hydrogen-bond donors (Lipinski definition) is 1. The Morgan fingerprint density at radius 1 is 0.935 bits per heavy atom. The minimum atomic E-state index is -0.404. The summed E-state index contributed by atoms with van der Waals surface area (Å²) in [5.74, 6) is 0.984. The average molecular weight is 421 g/mol. The number of fused-ring (bicyclic) bond motifs is 1. The molecule has 1 heterocycles. The Morgan fingerprint density at radius 3 is 2.45 bits per heavy atom. The number of nitrogens with zero attached hydrogens (tertiary/aromatic N) is 2. The number of nitrogens with two attached hydrogens (primary N) is 1. The predicted octanol–water partition coefficient (Wildman–Crippen LogP) is 4.77. The van der Waals surface area contributed by atoms with Crippen molar-refractivity contribution < 1.29 is 14.4 Å². The molecule has 0 atom stereocenters. The molecule has 0 aliphatic carbocycles. The molecule has 0 unspecified atom stereocenters. The SMILES string of the molecule is Nc1ccc(OCc2ccc(OCCN3CCCCC3)c([N+](=O)[O-])c2)c2ccccc12. The Kier molecular flexibility index (Phi) is 6.52. The van der Waals surface area contributed by atoms with Crippen molar-refractivity contribution in [2.75, 3.05) is 32.0 Å². The van der Waals surface area contributed by atoms with Crippen molar-refractivity contribution in [3.63, 3.8) is 0 Å². The second-order valence-electron chi connectivity index (χ2n) is 7.80. The summed E-state index contributed by atoms with van der Waals surface area (Å²) in [7, 11) is 0. The first-order chi connectivity index (χ1) is 15.1. The fourth-order valence-corrected chi connectivity index (χ4v) is 3.97. The Morgan fingerprint density at radius 2 is 1.68 bits per heavy atom. The molecule has 0 amide bonds. The van der Waals surface area contributed by atoms with Crippen molar-refractivity contribution in [2.24, 2.45) is 0 Å². The highest BCUT2D eigenvalue weighted by molar-refractivity contribution is 5.96. The first-order valence-corrected chi connectivity index (χ1v) is 10.6. The number of hydrogen-bond acceptors (Lipinski definition) is 6. The van der Waals surface area contributed by atoms with Crippen LogP contribution in [0.15, 0.2) is 54.6 Å². The van der Waals surface area contributed by atoms with Crippen molar-refractivity contribution in [3.05, 3.63) is 70.3 Å². The Hall–Kier alpha value is -3.32. The number of nitro benzene ring substituents is 1. The van der Waals surface area contributed by atoms with Gasteiger partial charge in [0.1, 0.15) is 19.0 Å². The third-order valence-electron chi connectivity index (χ3n) is 5.65. The molecule has 3 aromatic carbocycles. The van der Waals surface area contributed by atoms with Crippen LogP contribution in [-0.4, -0.2) is 36.1 Å². The maximum atomic E-state index is 11.6. The van der Waals surface area contributed by atoms with E-state index in [9.17, 15) is 10.1 Å². The van der Waals surface area contributed by atoms with E-state index in [1.807, 2.05) is 36.4 Å². The molecule has 0 bridgehead atoms. The summed E-state index contributed by atoms with van der Waals surface area (Å²) in [6, 6.07) is 16.4. The van der Waals surface area contributed by atoms with Crippen LogP contribution in [0.5, 0.6) is 11.5 Å². The van der Waals surface area contributed by atoms with Crippen LogP contribution in [0.3, 0.4) is 0 Å². The van der Waals surface area contributed by atoms with Crippen LogP contribution < -0.4 is 15.2 Å². The maximum absolute atomic E-state index is 11.6. The lowest BCUT2D eigenvalue weighted by molar-refractivity contribution is -0.386. The quantitative estimate of drug-likeness (QED) is 0.320. The fourth-order valence-electron chi connectivity index (χ4n) is 3.97. The molecule has 0 saturated carbocycles. The van der Waals surface area contributed by atoms with Gasteiger partial charge in [-0.1, -0.05) is 36.8 Å². The van der Waals surface area contributed by atoms with Crippen molar-refractivity contribution >= 4 is 22.1 Å². The molecule has 162 valence electrons. The number of anilines is 1. The van der Waals surface area contributed by atoms with Gasteiger partial charge in [-0.3, -0.25) is 15.0 Å². The Bertz CT molecular complexity index is 1060. The average Bonchev–Trinajstić information content (AvgIpc) is 2.80. The summed E-state index contributed by atoms with van der Waals surface area (Å²) < 4.78 is 11.7. The van der Waals surface area contributed by atoms with E-state index in [-0.39, 0.29) is 12.3 Å². The van der Waals surface area contributed by atoms with Crippen LogP contribution in [0.2, 0.25) is 0 Å². The Balaban J connectivity index is 1.43. The standard InChI is InChI=1S/C24H27N3O4/c25-21-9-11-23(20-7-3-2-6-19(20)21)31-17-18-8-10-24(22(16-18)27(28)29)30-15-14-26-12-4-1-5-13-26/h2-3,6-11,16H,1,4-5,12-15,17,25H2. The van der Waals surface area contributed by atoms with E-state index in [2.05, 4.69) is 4.90 Å². The van der Waals surface area contributed by atoms with E-state index in [0.717, 1.165) is 30.4 Å². The summed E-state index contributed by atoms with van der Waals surface area (Å²) in [5, 5.41) is 13.4. The number of ether oxygens (including phenoxy) is 2. The lowest BCUT2D eigenvalue weighted by Crippen LogP contribution is -2.33. The number of rotatable bonds is 8. The van der Waals surface area contributed by atoms with Gasteiger partial charge in [0.25, 0.3) is 0 Å². The highest BCUT2D eigenvalue weighted by Crippen LogP contribution is 2.32. The molecule has 7 nitrogen and oxygen atoms in total. The highest BCUT2D eigenvalue weighted by Gasteiger charge is 2.17. The number of benzene rings is 3. The van der Waals surface area contributed by atoms with Crippen molar-refractivity contribution in [1.82, 2.24) is 4.90 Å². The Labute approximate surface area is 181 Å². The third kappa shape index (κ3) is 5.06. The fraction of sp³-hybridized carbons (Fsp3) is 0.333. The number of piperidine rings is 1. The van der Waals surface area contributed by atoms with Gasteiger partial charge in [-0.15, -0.1) is 0 Å². The van der Waals surface area contributed by atoms with Crippen molar-refractivity contribution in [3.8, 4) is 11.5 Å². The van der Waals surface area contributed by atoms with Gasteiger partial charge in [-0.05, 0) is 49.7 Å². The first-order valence-electron chi connectivity index (χ1n) is 10.6. The zero-order valence-electron chi connectivity index (χ0n) is 17.5. The van der Waals surface area contributed by atoms with Gasteiger partial charge in [-0.2, -0.15) is 0 Å². The number of likely N-dealkylation sites (tertiary alicyclic amines) is 1. The van der Waals surface area contributed by atoms with Gasteiger partial charge in [-0.25, -0.2) is 0 Å². The second-order valence-corrected chi connectivity index (χ2v) is 7.80. The molecular weight excluding hydrogens is 394 g/mol. The molecule has 0 radical (unpaired) electrons. The van der Waals surface area contributed by atoms with Crippen molar-refractivity contribution in [1.29, 1.82) is 0 Å². The van der Waals surface area contributed by atoms with E-state index in [0.29, 0.717) is 29.4 Å². The minimum Gasteiger partial charge on any atom is -0.488 e. The van der Waals surface area contributed by atoms with E-state index < -0.39 is 4.92 Å². The largest absolute Gasteiger partial charge is 0.488 e. The highest BCUT2D eigenvalue weighted by atomic mass is 16.6. The molecular formula is C24H27N3O4. The molecule has 1 saturated heterocycles. The van der Waals surface area contributed by atoms with E-state index in [1.54, 1.807) is 12.1 Å². The van der Waals surface area contributed by atoms with E-state index >= 15 is 0 Å². The lowest BCUT2D eigenvalue weighted by atomic mass is 10.1. The first kappa shape index (κ1) is 20.9. The summed E-state index contributed by atoms with van der Waals surface area (Å²) in [6.07, 6.45) is 3.69. The topological polar surface area (TPSA) is 90.9 Å². The zero-order chi connectivity index (χ0) is 21.6. The molecule has 0 aromatic heterocycles. The van der Waals surface area contributed by atoms with Gasteiger partial charge in [0.2, 0.25) is 0 Å². The van der Waals surface area contributed by atoms with Crippen LogP contribution in [0, 0.1) is 10.1 Å². The maximum Gasteiger partial charge on any atom is 0.311 e. The van der Waals surface area contributed by atoms with Gasteiger partial charge in [0.15, 0.2) is 5.75 Å². The van der Waals surface area contributed by atoms with Crippen LogP contribution in [0.25, 0.3) is 10.8 Å². The normalized spacial score (nSPS) is 14.5. The van der Waals surface area contributed by atoms with Gasteiger partial charge >= 0.3 is 5.69 Å². The molecule has 7 heteroatoms. The van der Waals surface area contributed by atoms with Crippen LogP contribution >= 0.6 is 0 Å². The molecule has 2 N–H and O–H groups in total. The van der Waals surface area contributed by atoms with Crippen LogP contribution in [0.1, 0.15) is 24.8 Å². The van der Waals surface area contributed by atoms with Gasteiger partial charge < -0.3 is 15.2 Å². The van der Waals surface area contributed by atoms with Crippen LogP contribution in [-0.2, 0) is 6.61 Å². The summed E-state index contributed by atoms with van der Waals surface area (Å²) in [4.78, 5) is 13.5. The molecule has 0 spiro atoms. The van der Waals surface area contributed by atoms with Crippen molar-refractivity contribution in [2.45, 2.75) is 25.9 Å². The summed E-state index contributed by atoms with van der Waals surface area (Å²) in [5.41, 5.74) is 7.39. The zero-order valence-corrected chi connectivity index (χ0v) is 17.5. The van der Waals surface area contributed by atoms with E-state index in [1.165, 1.54) is 25.3 Å². The number of nitrogen functional groups attached to an aromatic ring is 1. The molecule has 1 fully saturated rings. The monoisotopic (exact) mass is 421 g/mol.